The summed E-state index contributed by atoms with van der Waals surface area (Å²) in [5, 5.41) is 5.91. The Labute approximate surface area is 156 Å². The first kappa shape index (κ1) is 19.7. The molecule has 1 unspecified atom stereocenters. The van der Waals surface area contributed by atoms with Crippen molar-refractivity contribution < 1.29 is 9.59 Å². The zero-order valence-corrected chi connectivity index (χ0v) is 15.8. The van der Waals surface area contributed by atoms with Gasteiger partial charge in [-0.15, -0.1) is 0 Å². The average molecular weight is 352 g/mol. The first-order valence-corrected chi connectivity index (χ1v) is 9.15. The van der Waals surface area contributed by atoms with Gasteiger partial charge in [-0.3, -0.25) is 9.59 Å². The summed E-state index contributed by atoms with van der Waals surface area (Å²) >= 11 is 0. The fourth-order valence-electron chi connectivity index (χ4n) is 2.88. The third kappa shape index (κ3) is 6.36. The van der Waals surface area contributed by atoms with Crippen LogP contribution >= 0.6 is 0 Å². The number of carbonyl (C=O) groups excluding carboxylic acids is 2. The summed E-state index contributed by atoms with van der Waals surface area (Å²) in [6.07, 6.45) is 1.14. The van der Waals surface area contributed by atoms with Crippen LogP contribution in [0, 0.1) is 12.8 Å². The van der Waals surface area contributed by atoms with Gasteiger partial charge in [-0.1, -0.05) is 61.9 Å². The molecule has 2 aromatic carbocycles. The molecule has 26 heavy (non-hydrogen) atoms. The molecular formula is C22H28N2O2. The Hall–Kier alpha value is -2.62. The predicted molar refractivity (Wildman–Crippen MR) is 105 cm³/mol. The van der Waals surface area contributed by atoms with Crippen LogP contribution < -0.4 is 10.6 Å². The zero-order valence-electron chi connectivity index (χ0n) is 15.8. The zero-order chi connectivity index (χ0) is 18.9. The van der Waals surface area contributed by atoms with E-state index in [4.69, 9.17) is 0 Å². The topological polar surface area (TPSA) is 58.2 Å². The van der Waals surface area contributed by atoms with E-state index in [2.05, 4.69) is 24.5 Å². The second kappa shape index (κ2) is 9.76. The molecule has 0 spiro atoms. The van der Waals surface area contributed by atoms with Crippen LogP contribution in [-0.2, 0) is 4.79 Å². The Bertz CT molecular complexity index is 726. The molecule has 0 aromatic heterocycles. The van der Waals surface area contributed by atoms with Gasteiger partial charge in [0, 0.05) is 18.5 Å². The molecule has 0 fully saturated rings. The number of rotatable bonds is 8. The lowest BCUT2D eigenvalue weighted by molar-refractivity contribution is -0.121. The third-order valence-electron chi connectivity index (χ3n) is 4.16. The highest BCUT2D eigenvalue weighted by molar-refractivity contribution is 5.94. The molecule has 2 aromatic rings. The second-order valence-corrected chi connectivity index (χ2v) is 7.04. The van der Waals surface area contributed by atoms with Gasteiger partial charge in [0.15, 0.2) is 0 Å². The largest absolute Gasteiger partial charge is 0.352 e. The minimum atomic E-state index is -0.150. The SMILES string of the molecule is Cc1cccc(C(=O)NCCC(=O)NC(CC(C)C)c2ccccc2)c1. The number of benzene rings is 2. The maximum absolute atomic E-state index is 12.3. The standard InChI is InChI=1S/C22H28N2O2/c1-16(2)14-20(18-9-5-4-6-10-18)24-21(25)12-13-23-22(26)19-11-7-8-17(3)15-19/h4-11,15-16,20H,12-14H2,1-3H3,(H,23,26)(H,24,25). The van der Waals surface area contributed by atoms with Crippen molar-refractivity contribution >= 4 is 11.8 Å². The van der Waals surface area contributed by atoms with Crippen LogP contribution in [0.15, 0.2) is 54.6 Å². The Balaban J connectivity index is 1.85. The Morgan fingerprint density at radius 1 is 1.00 bits per heavy atom. The molecule has 0 heterocycles. The van der Waals surface area contributed by atoms with E-state index in [-0.39, 0.29) is 24.3 Å². The highest BCUT2D eigenvalue weighted by Gasteiger charge is 2.16. The van der Waals surface area contributed by atoms with E-state index in [1.807, 2.05) is 55.5 Å². The van der Waals surface area contributed by atoms with Crippen LogP contribution in [0.5, 0.6) is 0 Å². The molecule has 0 saturated heterocycles. The van der Waals surface area contributed by atoms with Gasteiger partial charge in [-0.05, 0) is 37.0 Å². The quantitative estimate of drug-likeness (QED) is 0.754. The number of aryl methyl sites for hydroxylation is 1. The third-order valence-corrected chi connectivity index (χ3v) is 4.16. The van der Waals surface area contributed by atoms with Crippen molar-refractivity contribution in [3.63, 3.8) is 0 Å². The Morgan fingerprint density at radius 3 is 2.38 bits per heavy atom. The van der Waals surface area contributed by atoms with Gasteiger partial charge in [0.25, 0.3) is 5.91 Å². The second-order valence-electron chi connectivity index (χ2n) is 7.04. The average Bonchev–Trinajstić information content (AvgIpc) is 2.61. The molecule has 1 atom stereocenters. The molecule has 0 saturated carbocycles. The Morgan fingerprint density at radius 2 is 1.73 bits per heavy atom. The van der Waals surface area contributed by atoms with E-state index >= 15 is 0 Å². The van der Waals surface area contributed by atoms with Gasteiger partial charge in [-0.2, -0.15) is 0 Å². The minimum Gasteiger partial charge on any atom is -0.352 e. The molecule has 2 N–H and O–H groups in total. The highest BCUT2D eigenvalue weighted by Crippen LogP contribution is 2.21. The molecule has 2 amide bonds. The summed E-state index contributed by atoms with van der Waals surface area (Å²) in [7, 11) is 0. The molecule has 138 valence electrons. The highest BCUT2D eigenvalue weighted by atomic mass is 16.2. The number of nitrogens with one attached hydrogen (secondary N) is 2. The normalized spacial score (nSPS) is 11.8. The van der Waals surface area contributed by atoms with Crippen LogP contribution in [0.4, 0.5) is 0 Å². The number of hydrogen-bond donors (Lipinski definition) is 2. The molecule has 2 rings (SSSR count). The molecule has 0 aliphatic carbocycles. The van der Waals surface area contributed by atoms with Crippen molar-refractivity contribution in [2.45, 2.75) is 39.7 Å². The van der Waals surface area contributed by atoms with Crippen molar-refractivity contribution in [2.75, 3.05) is 6.54 Å². The molecule has 0 bridgehead atoms. The van der Waals surface area contributed by atoms with E-state index < -0.39 is 0 Å². The van der Waals surface area contributed by atoms with E-state index in [0.29, 0.717) is 18.0 Å². The van der Waals surface area contributed by atoms with Gasteiger partial charge in [0.05, 0.1) is 6.04 Å². The van der Waals surface area contributed by atoms with Gasteiger partial charge in [-0.25, -0.2) is 0 Å². The molecule has 0 aliphatic rings. The van der Waals surface area contributed by atoms with Crippen molar-refractivity contribution in [1.82, 2.24) is 10.6 Å². The number of carbonyl (C=O) groups is 2. The van der Waals surface area contributed by atoms with Crippen molar-refractivity contribution in [1.29, 1.82) is 0 Å². The summed E-state index contributed by atoms with van der Waals surface area (Å²) in [4.78, 5) is 24.4. The fraction of sp³-hybridized carbons (Fsp3) is 0.364. The molecular weight excluding hydrogens is 324 g/mol. The minimum absolute atomic E-state index is 0.00354. The van der Waals surface area contributed by atoms with Crippen LogP contribution in [-0.4, -0.2) is 18.4 Å². The lowest BCUT2D eigenvalue weighted by Gasteiger charge is -2.21. The van der Waals surface area contributed by atoms with Gasteiger partial charge < -0.3 is 10.6 Å². The predicted octanol–water partition coefficient (Wildman–Crippen LogP) is 4.02. The van der Waals surface area contributed by atoms with E-state index in [0.717, 1.165) is 17.5 Å². The summed E-state index contributed by atoms with van der Waals surface area (Å²) in [5.74, 6) is 0.272. The molecule has 4 nitrogen and oxygen atoms in total. The summed E-state index contributed by atoms with van der Waals surface area (Å²) in [6, 6.07) is 17.4. The summed E-state index contributed by atoms with van der Waals surface area (Å²) < 4.78 is 0. The maximum Gasteiger partial charge on any atom is 0.251 e. The smallest absolute Gasteiger partial charge is 0.251 e. The number of hydrogen-bond acceptors (Lipinski definition) is 2. The first-order chi connectivity index (χ1) is 12.5. The van der Waals surface area contributed by atoms with E-state index in [1.54, 1.807) is 6.07 Å². The van der Waals surface area contributed by atoms with Crippen LogP contribution in [0.1, 0.15) is 54.2 Å². The molecule has 4 heteroatoms. The lowest BCUT2D eigenvalue weighted by Crippen LogP contribution is -2.33. The van der Waals surface area contributed by atoms with Crippen LogP contribution in [0.25, 0.3) is 0 Å². The first-order valence-electron chi connectivity index (χ1n) is 9.15. The van der Waals surface area contributed by atoms with E-state index in [1.165, 1.54) is 0 Å². The van der Waals surface area contributed by atoms with E-state index in [9.17, 15) is 9.59 Å². The summed E-state index contributed by atoms with van der Waals surface area (Å²) in [5.41, 5.74) is 2.76. The van der Waals surface area contributed by atoms with Gasteiger partial charge >= 0.3 is 0 Å². The van der Waals surface area contributed by atoms with Crippen molar-refractivity contribution in [3.8, 4) is 0 Å². The maximum atomic E-state index is 12.3. The number of amides is 2. The lowest BCUT2D eigenvalue weighted by atomic mass is 9.97. The monoisotopic (exact) mass is 352 g/mol. The Kier molecular flexibility index (Phi) is 7.39. The van der Waals surface area contributed by atoms with Crippen LogP contribution in [0.3, 0.4) is 0 Å². The van der Waals surface area contributed by atoms with Gasteiger partial charge in [0.1, 0.15) is 0 Å². The molecule has 0 radical (unpaired) electrons. The van der Waals surface area contributed by atoms with Gasteiger partial charge in [0.2, 0.25) is 5.91 Å². The van der Waals surface area contributed by atoms with Crippen molar-refractivity contribution in [2.24, 2.45) is 5.92 Å². The summed E-state index contributed by atoms with van der Waals surface area (Å²) in [6.45, 7) is 6.55. The molecule has 0 aliphatic heterocycles. The fourth-order valence-corrected chi connectivity index (χ4v) is 2.88. The van der Waals surface area contributed by atoms with Crippen LogP contribution in [0.2, 0.25) is 0 Å². The van der Waals surface area contributed by atoms with Crippen molar-refractivity contribution in [3.05, 3.63) is 71.3 Å².